The fraction of sp³-hybridized carbons (Fsp3) is 0.100. The summed E-state index contributed by atoms with van der Waals surface area (Å²) in [6.45, 7) is 0. The molecule has 3 rings (SSSR count). The Morgan fingerprint density at radius 1 is 1.00 bits per heavy atom. The lowest BCUT2D eigenvalue weighted by molar-refractivity contribution is -0.117. The van der Waals surface area contributed by atoms with E-state index >= 15 is 0 Å². The van der Waals surface area contributed by atoms with Crippen LogP contribution in [-0.4, -0.2) is 18.9 Å². The van der Waals surface area contributed by atoms with Crippen molar-refractivity contribution in [3.05, 3.63) is 82.7 Å². The predicted molar refractivity (Wildman–Crippen MR) is 104 cm³/mol. The number of nitrogens with one attached hydrogen (secondary N) is 1. The monoisotopic (exact) mass is 412 g/mol. The lowest BCUT2D eigenvalue weighted by Crippen LogP contribution is -2.27. The number of carbonyl (C=O) groups is 2. The first-order valence-electron chi connectivity index (χ1n) is 8.00. The van der Waals surface area contributed by atoms with Crippen LogP contribution in [0.3, 0.4) is 0 Å². The maximum Gasteiger partial charge on any atom is 0.291 e. The molecule has 0 saturated heterocycles. The predicted octanol–water partition coefficient (Wildman–Crippen LogP) is 4.50. The Bertz CT molecular complexity index is 904. The van der Waals surface area contributed by atoms with E-state index < -0.39 is 0 Å². The summed E-state index contributed by atoms with van der Waals surface area (Å²) in [7, 11) is 1.76. The number of rotatable bonds is 5. The van der Waals surface area contributed by atoms with Crippen molar-refractivity contribution in [1.29, 1.82) is 0 Å². The number of benzene rings is 2. The molecule has 0 radical (unpaired) electrons. The Balaban J connectivity index is 1.60. The number of likely N-dealkylation sites (N-methyl/N-ethyl adjacent to an activating group) is 1. The van der Waals surface area contributed by atoms with Gasteiger partial charge in [-0.2, -0.15) is 0 Å². The molecule has 2 aromatic carbocycles. The summed E-state index contributed by atoms with van der Waals surface area (Å²) in [4.78, 5) is 26.1. The van der Waals surface area contributed by atoms with Gasteiger partial charge in [-0.3, -0.25) is 9.59 Å². The third-order valence-corrected chi connectivity index (χ3v) is 4.31. The van der Waals surface area contributed by atoms with Crippen molar-refractivity contribution in [3.8, 4) is 0 Å². The number of furan rings is 1. The lowest BCUT2D eigenvalue weighted by atomic mass is 10.1. The molecule has 3 aromatic rings. The van der Waals surface area contributed by atoms with Crippen LogP contribution in [0.25, 0.3) is 0 Å². The standard InChI is InChI=1S/C20H17BrN2O3/c1-23(16-5-3-2-4-6-16)19(24)13-14-7-9-15(10-8-14)22-20(25)17-11-12-18(21)26-17/h2-12H,13H2,1H3,(H,22,25). The summed E-state index contributed by atoms with van der Waals surface area (Å²) in [6.07, 6.45) is 0.282. The molecule has 0 fully saturated rings. The van der Waals surface area contributed by atoms with Crippen LogP contribution in [0.5, 0.6) is 0 Å². The number of nitrogens with zero attached hydrogens (tertiary/aromatic N) is 1. The largest absolute Gasteiger partial charge is 0.444 e. The van der Waals surface area contributed by atoms with E-state index in [2.05, 4.69) is 21.2 Å². The smallest absolute Gasteiger partial charge is 0.291 e. The Morgan fingerprint density at radius 3 is 2.31 bits per heavy atom. The Kier molecular flexibility index (Phi) is 5.53. The molecule has 0 aliphatic rings. The van der Waals surface area contributed by atoms with E-state index in [-0.39, 0.29) is 24.0 Å². The van der Waals surface area contributed by atoms with Crippen LogP contribution in [0.4, 0.5) is 11.4 Å². The van der Waals surface area contributed by atoms with Gasteiger partial charge in [0.2, 0.25) is 5.91 Å². The lowest BCUT2D eigenvalue weighted by Gasteiger charge is -2.17. The highest BCUT2D eigenvalue weighted by atomic mass is 79.9. The van der Waals surface area contributed by atoms with E-state index in [0.29, 0.717) is 10.4 Å². The van der Waals surface area contributed by atoms with Gasteiger partial charge in [-0.15, -0.1) is 0 Å². The Labute approximate surface area is 159 Å². The summed E-state index contributed by atoms with van der Waals surface area (Å²) in [5.74, 6) is -0.114. The van der Waals surface area contributed by atoms with Gasteiger partial charge in [0.15, 0.2) is 10.4 Å². The van der Waals surface area contributed by atoms with Gasteiger partial charge in [0.25, 0.3) is 5.91 Å². The maximum atomic E-state index is 12.4. The van der Waals surface area contributed by atoms with Crippen LogP contribution in [0, 0.1) is 0 Å². The third-order valence-electron chi connectivity index (χ3n) is 3.88. The van der Waals surface area contributed by atoms with Crippen molar-refractivity contribution in [2.45, 2.75) is 6.42 Å². The molecule has 26 heavy (non-hydrogen) atoms. The Morgan fingerprint density at radius 2 is 1.69 bits per heavy atom. The molecule has 6 heteroatoms. The number of carbonyl (C=O) groups excluding carboxylic acids is 2. The van der Waals surface area contributed by atoms with Gasteiger partial charge in [-0.25, -0.2) is 0 Å². The van der Waals surface area contributed by atoms with Crippen molar-refractivity contribution in [2.75, 3.05) is 17.3 Å². The summed E-state index contributed by atoms with van der Waals surface area (Å²) in [6, 6.07) is 19.9. The van der Waals surface area contributed by atoms with E-state index in [1.807, 2.05) is 42.5 Å². The van der Waals surface area contributed by atoms with E-state index in [1.165, 1.54) is 0 Å². The minimum absolute atomic E-state index is 0.00609. The van der Waals surface area contributed by atoms with Crippen LogP contribution < -0.4 is 10.2 Å². The van der Waals surface area contributed by atoms with E-state index in [9.17, 15) is 9.59 Å². The van der Waals surface area contributed by atoms with E-state index in [0.717, 1.165) is 11.3 Å². The van der Waals surface area contributed by atoms with Gasteiger partial charge in [-0.05, 0) is 57.9 Å². The fourth-order valence-electron chi connectivity index (χ4n) is 2.42. The number of hydrogen-bond donors (Lipinski definition) is 1. The highest BCUT2D eigenvalue weighted by Crippen LogP contribution is 2.17. The van der Waals surface area contributed by atoms with Crippen LogP contribution in [0.1, 0.15) is 16.1 Å². The Hall–Kier alpha value is -2.86. The molecule has 5 nitrogen and oxygen atoms in total. The maximum absolute atomic E-state index is 12.4. The highest BCUT2D eigenvalue weighted by Gasteiger charge is 2.13. The molecule has 1 aromatic heterocycles. The summed E-state index contributed by atoms with van der Waals surface area (Å²) >= 11 is 3.16. The molecule has 0 atom stereocenters. The molecule has 2 amide bonds. The average molecular weight is 413 g/mol. The number of para-hydroxylation sites is 1. The van der Waals surface area contributed by atoms with Crippen molar-refractivity contribution < 1.29 is 14.0 Å². The van der Waals surface area contributed by atoms with Gasteiger partial charge in [0, 0.05) is 18.4 Å². The SMILES string of the molecule is CN(C(=O)Cc1ccc(NC(=O)c2ccc(Br)o2)cc1)c1ccccc1. The molecule has 1 N–H and O–H groups in total. The van der Waals surface area contributed by atoms with E-state index in [4.69, 9.17) is 4.42 Å². The van der Waals surface area contributed by atoms with Crippen LogP contribution in [-0.2, 0) is 11.2 Å². The normalized spacial score (nSPS) is 10.4. The number of anilines is 2. The fourth-order valence-corrected chi connectivity index (χ4v) is 2.73. The van der Waals surface area contributed by atoms with Gasteiger partial charge in [0.1, 0.15) is 0 Å². The molecule has 0 unspecified atom stereocenters. The topological polar surface area (TPSA) is 62.6 Å². The molecular formula is C20H17BrN2O3. The van der Waals surface area contributed by atoms with Gasteiger partial charge >= 0.3 is 0 Å². The van der Waals surface area contributed by atoms with Crippen molar-refractivity contribution in [3.63, 3.8) is 0 Å². The van der Waals surface area contributed by atoms with Crippen LogP contribution in [0.15, 0.2) is 75.8 Å². The minimum Gasteiger partial charge on any atom is -0.444 e. The second kappa shape index (κ2) is 8.01. The molecule has 0 aliphatic carbocycles. The molecular weight excluding hydrogens is 396 g/mol. The third kappa shape index (κ3) is 4.40. The molecule has 132 valence electrons. The summed E-state index contributed by atoms with van der Waals surface area (Å²) in [5.41, 5.74) is 2.36. The van der Waals surface area contributed by atoms with Crippen molar-refractivity contribution in [1.82, 2.24) is 0 Å². The molecule has 0 aliphatic heterocycles. The highest BCUT2D eigenvalue weighted by molar-refractivity contribution is 9.10. The number of amides is 2. The molecule has 0 bridgehead atoms. The average Bonchev–Trinajstić information content (AvgIpc) is 3.10. The van der Waals surface area contributed by atoms with E-state index in [1.54, 1.807) is 36.2 Å². The van der Waals surface area contributed by atoms with Gasteiger partial charge in [0.05, 0.1) is 6.42 Å². The van der Waals surface area contributed by atoms with Crippen molar-refractivity contribution in [2.24, 2.45) is 0 Å². The van der Waals surface area contributed by atoms with Crippen LogP contribution in [0.2, 0.25) is 0 Å². The zero-order chi connectivity index (χ0) is 18.5. The first kappa shape index (κ1) is 17.9. The van der Waals surface area contributed by atoms with Gasteiger partial charge < -0.3 is 14.6 Å². The summed E-state index contributed by atoms with van der Waals surface area (Å²) in [5, 5.41) is 2.75. The molecule has 0 saturated carbocycles. The van der Waals surface area contributed by atoms with Gasteiger partial charge in [-0.1, -0.05) is 30.3 Å². The second-order valence-corrected chi connectivity index (χ2v) is 6.50. The minimum atomic E-state index is -0.330. The van der Waals surface area contributed by atoms with Crippen molar-refractivity contribution >= 4 is 39.1 Å². The molecule has 0 spiro atoms. The zero-order valence-electron chi connectivity index (χ0n) is 14.1. The number of hydrogen-bond acceptors (Lipinski definition) is 3. The first-order chi connectivity index (χ1) is 12.5. The van der Waals surface area contributed by atoms with Crippen LogP contribution >= 0.6 is 15.9 Å². The number of halogens is 1. The quantitative estimate of drug-likeness (QED) is 0.670. The first-order valence-corrected chi connectivity index (χ1v) is 8.79. The second-order valence-electron chi connectivity index (χ2n) is 5.72. The summed E-state index contributed by atoms with van der Waals surface area (Å²) < 4.78 is 5.72. The zero-order valence-corrected chi connectivity index (χ0v) is 15.7. The molecule has 1 heterocycles.